The first-order valence-corrected chi connectivity index (χ1v) is 15.4. The van der Waals surface area contributed by atoms with Crippen LogP contribution in [0.2, 0.25) is 0 Å². The van der Waals surface area contributed by atoms with Crippen molar-refractivity contribution in [2.24, 2.45) is 0 Å². The van der Waals surface area contributed by atoms with Crippen LogP contribution in [0.25, 0.3) is 0 Å². The molecule has 0 radical (unpaired) electrons. The molecule has 8 heteroatoms. The van der Waals surface area contributed by atoms with Crippen molar-refractivity contribution in [2.45, 2.75) is 44.7 Å². The molecule has 4 rings (SSSR count). The van der Waals surface area contributed by atoms with Crippen LogP contribution >= 0.6 is 0 Å². The van der Waals surface area contributed by atoms with Crippen LogP contribution in [0.3, 0.4) is 0 Å². The minimum atomic E-state index is -4.12. The molecule has 1 unspecified atom stereocenters. The number of nitrogens with zero attached hydrogens (tertiary/aromatic N) is 2. The number of amides is 2. The number of hydrogen-bond donors (Lipinski definition) is 1. The number of aryl methyl sites for hydroxylation is 2. The van der Waals surface area contributed by atoms with Crippen molar-refractivity contribution >= 4 is 27.5 Å². The van der Waals surface area contributed by atoms with Crippen LogP contribution in [0.15, 0.2) is 114 Å². The van der Waals surface area contributed by atoms with Gasteiger partial charge in [0, 0.05) is 19.5 Å². The Morgan fingerprint density at radius 3 is 1.93 bits per heavy atom. The first-order valence-electron chi connectivity index (χ1n) is 14.0. The van der Waals surface area contributed by atoms with E-state index in [9.17, 15) is 18.0 Å². The van der Waals surface area contributed by atoms with Crippen molar-refractivity contribution in [3.8, 4) is 0 Å². The molecule has 0 saturated heterocycles. The fourth-order valence-corrected chi connectivity index (χ4v) is 6.44. The number of rotatable bonds is 12. The number of carbonyl (C=O) groups excluding carboxylic acids is 2. The van der Waals surface area contributed by atoms with Crippen molar-refractivity contribution in [3.63, 3.8) is 0 Å². The van der Waals surface area contributed by atoms with Gasteiger partial charge in [-0.05, 0) is 55.7 Å². The first-order chi connectivity index (χ1) is 20.2. The third kappa shape index (κ3) is 7.44. The molecular formula is C34H37N3O4S. The Bertz CT molecular complexity index is 1590. The third-order valence-corrected chi connectivity index (χ3v) is 8.82. The Labute approximate surface area is 248 Å². The molecule has 0 saturated carbocycles. The molecule has 4 aromatic carbocycles. The maximum absolute atomic E-state index is 14.4. The van der Waals surface area contributed by atoms with Crippen molar-refractivity contribution in [1.29, 1.82) is 0 Å². The van der Waals surface area contributed by atoms with E-state index in [0.717, 1.165) is 26.6 Å². The van der Waals surface area contributed by atoms with Gasteiger partial charge in [0.25, 0.3) is 10.0 Å². The number of hydrogen-bond acceptors (Lipinski definition) is 4. The van der Waals surface area contributed by atoms with Gasteiger partial charge in [-0.2, -0.15) is 0 Å². The highest BCUT2D eigenvalue weighted by atomic mass is 32.2. The molecule has 0 aliphatic carbocycles. The van der Waals surface area contributed by atoms with Crippen molar-refractivity contribution in [2.75, 3.05) is 17.4 Å². The second kappa shape index (κ2) is 14.0. The lowest BCUT2D eigenvalue weighted by Crippen LogP contribution is -2.53. The van der Waals surface area contributed by atoms with Gasteiger partial charge in [0.05, 0.1) is 10.6 Å². The van der Waals surface area contributed by atoms with Crippen LogP contribution in [-0.2, 0) is 32.6 Å². The standard InChI is InChI=1S/C34H37N3O4S/c1-4-35-34(39)32(23-28-14-8-5-9-15-28)36(24-29-16-10-6-11-17-29)33(38)25-37(31-21-20-26(2)22-27(31)3)42(40,41)30-18-12-7-13-19-30/h5-22,32H,4,23-25H2,1-3H3,(H,35,39). The predicted molar refractivity (Wildman–Crippen MR) is 166 cm³/mol. The van der Waals surface area contributed by atoms with Crippen LogP contribution in [0.4, 0.5) is 5.69 Å². The minimum Gasteiger partial charge on any atom is -0.355 e. The van der Waals surface area contributed by atoms with Crippen LogP contribution < -0.4 is 9.62 Å². The zero-order valence-corrected chi connectivity index (χ0v) is 25.1. The molecule has 0 aromatic heterocycles. The van der Waals surface area contributed by atoms with Gasteiger partial charge in [-0.1, -0.05) is 96.6 Å². The molecule has 0 aliphatic rings. The maximum atomic E-state index is 14.4. The molecule has 7 nitrogen and oxygen atoms in total. The van der Waals surface area contributed by atoms with E-state index in [1.807, 2.05) is 93.6 Å². The molecule has 0 heterocycles. The quantitative estimate of drug-likeness (QED) is 0.246. The number of likely N-dealkylation sites (N-methyl/N-ethyl adjacent to an activating group) is 1. The number of anilines is 1. The lowest BCUT2D eigenvalue weighted by molar-refractivity contribution is -0.140. The SMILES string of the molecule is CCNC(=O)C(Cc1ccccc1)N(Cc1ccccc1)C(=O)CN(c1ccc(C)cc1C)S(=O)(=O)c1ccccc1. The summed E-state index contributed by atoms with van der Waals surface area (Å²) in [4.78, 5) is 29.5. The van der Waals surface area contributed by atoms with E-state index in [2.05, 4.69) is 5.32 Å². The summed E-state index contributed by atoms with van der Waals surface area (Å²) in [6.07, 6.45) is 0.278. The van der Waals surface area contributed by atoms with Gasteiger partial charge in [-0.25, -0.2) is 8.42 Å². The summed E-state index contributed by atoms with van der Waals surface area (Å²) < 4.78 is 29.3. The van der Waals surface area contributed by atoms with Crippen LogP contribution in [-0.4, -0.2) is 44.3 Å². The lowest BCUT2D eigenvalue weighted by atomic mass is 10.0. The fourth-order valence-electron chi connectivity index (χ4n) is 4.94. The Hall–Kier alpha value is -4.43. The van der Waals surface area contributed by atoms with Crippen LogP contribution in [0, 0.1) is 13.8 Å². The molecule has 1 N–H and O–H groups in total. The molecule has 1 atom stereocenters. The lowest BCUT2D eigenvalue weighted by Gasteiger charge is -2.34. The second-order valence-electron chi connectivity index (χ2n) is 10.2. The Balaban J connectivity index is 1.80. The summed E-state index contributed by atoms with van der Waals surface area (Å²) in [7, 11) is -4.12. The van der Waals surface area contributed by atoms with Crippen LogP contribution in [0.1, 0.15) is 29.2 Å². The molecule has 0 spiro atoms. The minimum absolute atomic E-state index is 0.0805. The van der Waals surface area contributed by atoms with E-state index in [0.29, 0.717) is 12.2 Å². The molecule has 0 bridgehead atoms. The third-order valence-electron chi connectivity index (χ3n) is 7.05. The summed E-state index contributed by atoms with van der Waals surface area (Å²) in [6, 6.07) is 31.6. The van der Waals surface area contributed by atoms with Gasteiger partial charge in [0.1, 0.15) is 12.6 Å². The molecule has 0 aliphatic heterocycles. The highest BCUT2D eigenvalue weighted by molar-refractivity contribution is 7.92. The maximum Gasteiger partial charge on any atom is 0.264 e. The number of nitrogens with one attached hydrogen (secondary N) is 1. The fraction of sp³-hybridized carbons (Fsp3) is 0.235. The number of sulfonamides is 1. The molecular weight excluding hydrogens is 546 g/mol. The zero-order valence-electron chi connectivity index (χ0n) is 24.2. The molecule has 42 heavy (non-hydrogen) atoms. The van der Waals surface area contributed by atoms with Gasteiger partial charge < -0.3 is 10.2 Å². The summed E-state index contributed by atoms with van der Waals surface area (Å²) in [5, 5.41) is 2.88. The van der Waals surface area contributed by atoms with E-state index in [1.165, 1.54) is 17.0 Å². The van der Waals surface area contributed by atoms with Gasteiger partial charge in [0.2, 0.25) is 11.8 Å². The highest BCUT2D eigenvalue weighted by Crippen LogP contribution is 2.28. The van der Waals surface area contributed by atoms with Gasteiger partial charge in [-0.15, -0.1) is 0 Å². The molecule has 2 amide bonds. The molecule has 4 aromatic rings. The van der Waals surface area contributed by atoms with Crippen LogP contribution in [0.5, 0.6) is 0 Å². The summed E-state index contributed by atoms with van der Waals surface area (Å²) in [5.74, 6) is -0.778. The average molecular weight is 584 g/mol. The van der Waals surface area contributed by atoms with Crippen molar-refractivity contribution < 1.29 is 18.0 Å². The Kier molecular flexibility index (Phi) is 10.1. The Morgan fingerprint density at radius 1 is 0.786 bits per heavy atom. The van der Waals surface area contributed by atoms with E-state index in [-0.39, 0.29) is 23.8 Å². The second-order valence-corrected chi connectivity index (χ2v) is 12.1. The Morgan fingerprint density at radius 2 is 1.36 bits per heavy atom. The highest BCUT2D eigenvalue weighted by Gasteiger charge is 2.34. The van der Waals surface area contributed by atoms with E-state index >= 15 is 0 Å². The number of carbonyl (C=O) groups is 2. The van der Waals surface area contributed by atoms with E-state index < -0.39 is 28.5 Å². The average Bonchev–Trinajstić information content (AvgIpc) is 2.99. The van der Waals surface area contributed by atoms with Gasteiger partial charge in [-0.3, -0.25) is 13.9 Å². The molecule has 218 valence electrons. The normalized spacial score (nSPS) is 11.9. The van der Waals surface area contributed by atoms with Gasteiger partial charge in [0.15, 0.2) is 0 Å². The summed E-state index contributed by atoms with van der Waals surface area (Å²) in [6.45, 7) is 5.65. The van der Waals surface area contributed by atoms with E-state index in [1.54, 1.807) is 24.3 Å². The summed E-state index contributed by atoms with van der Waals surface area (Å²) >= 11 is 0. The number of benzene rings is 4. The summed E-state index contributed by atoms with van der Waals surface area (Å²) in [5.41, 5.74) is 3.83. The predicted octanol–water partition coefficient (Wildman–Crippen LogP) is 5.27. The largest absolute Gasteiger partial charge is 0.355 e. The smallest absolute Gasteiger partial charge is 0.264 e. The van der Waals surface area contributed by atoms with Crippen molar-refractivity contribution in [3.05, 3.63) is 131 Å². The zero-order chi connectivity index (χ0) is 30.1. The monoisotopic (exact) mass is 583 g/mol. The van der Waals surface area contributed by atoms with E-state index in [4.69, 9.17) is 0 Å². The first kappa shape index (κ1) is 30.5. The van der Waals surface area contributed by atoms with Crippen molar-refractivity contribution in [1.82, 2.24) is 10.2 Å². The topological polar surface area (TPSA) is 86.8 Å². The molecule has 0 fully saturated rings. The van der Waals surface area contributed by atoms with Gasteiger partial charge >= 0.3 is 0 Å².